The first-order valence-corrected chi connectivity index (χ1v) is 10.9. The highest BCUT2D eigenvalue weighted by Gasteiger charge is 2.29. The molecule has 2 aromatic heterocycles. The standard InChI is InChI=1S/C27H32N4/c1-19-16-24(21-12-9-8-10-13-21)28-30(19)27(6,7)31-20(2)17-25(29-31)22-14-11-15-23(18-22)26(3,4)5/h8-18H,1-7H3. The summed E-state index contributed by atoms with van der Waals surface area (Å²) in [6.07, 6.45) is 0. The number of hydrogen-bond acceptors (Lipinski definition) is 2. The van der Waals surface area contributed by atoms with Crippen LogP contribution in [0.3, 0.4) is 0 Å². The molecule has 0 spiro atoms. The van der Waals surface area contributed by atoms with Crippen LogP contribution < -0.4 is 0 Å². The normalized spacial score (nSPS) is 12.4. The van der Waals surface area contributed by atoms with Gasteiger partial charge in [-0.05, 0) is 56.9 Å². The van der Waals surface area contributed by atoms with E-state index in [0.29, 0.717) is 0 Å². The number of hydrogen-bond donors (Lipinski definition) is 0. The van der Waals surface area contributed by atoms with E-state index in [1.165, 1.54) is 5.56 Å². The fourth-order valence-electron chi connectivity index (χ4n) is 4.18. The summed E-state index contributed by atoms with van der Waals surface area (Å²) in [7, 11) is 0. The maximum Gasteiger partial charge on any atom is 0.148 e. The van der Waals surface area contributed by atoms with Gasteiger partial charge in [0.1, 0.15) is 5.66 Å². The summed E-state index contributed by atoms with van der Waals surface area (Å²) >= 11 is 0. The molecule has 0 aliphatic carbocycles. The van der Waals surface area contributed by atoms with Crippen molar-refractivity contribution in [3.8, 4) is 22.5 Å². The first-order chi connectivity index (χ1) is 14.6. The van der Waals surface area contributed by atoms with Gasteiger partial charge in [-0.3, -0.25) is 0 Å². The molecule has 0 N–H and O–H groups in total. The van der Waals surface area contributed by atoms with Gasteiger partial charge in [0, 0.05) is 22.5 Å². The molecule has 4 aromatic rings. The lowest BCUT2D eigenvalue weighted by Crippen LogP contribution is -2.38. The van der Waals surface area contributed by atoms with E-state index in [2.05, 4.69) is 106 Å². The minimum Gasteiger partial charge on any atom is -0.242 e. The lowest BCUT2D eigenvalue weighted by Gasteiger charge is -2.29. The van der Waals surface area contributed by atoms with E-state index < -0.39 is 5.66 Å². The molecule has 0 aliphatic heterocycles. The van der Waals surface area contributed by atoms with Crippen LogP contribution in [0, 0.1) is 13.8 Å². The van der Waals surface area contributed by atoms with Crippen molar-refractivity contribution in [3.05, 3.63) is 83.7 Å². The Morgan fingerprint density at radius 1 is 0.613 bits per heavy atom. The van der Waals surface area contributed by atoms with E-state index in [1.54, 1.807) is 0 Å². The van der Waals surface area contributed by atoms with Crippen molar-refractivity contribution in [1.29, 1.82) is 0 Å². The molecule has 0 fully saturated rings. The van der Waals surface area contributed by atoms with Crippen LogP contribution in [-0.2, 0) is 11.1 Å². The molecule has 0 amide bonds. The van der Waals surface area contributed by atoms with Gasteiger partial charge in [0.25, 0.3) is 0 Å². The number of nitrogens with zero attached hydrogens (tertiary/aromatic N) is 4. The molecular weight excluding hydrogens is 380 g/mol. The van der Waals surface area contributed by atoms with Crippen LogP contribution in [0.15, 0.2) is 66.7 Å². The third-order valence-electron chi connectivity index (χ3n) is 5.91. The molecule has 0 atom stereocenters. The highest BCUT2D eigenvalue weighted by atomic mass is 15.5. The molecule has 0 aliphatic rings. The van der Waals surface area contributed by atoms with E-state index in [9.17, 15) is 0 Å². The fraction of sp³-hybridized carbons (Fsp3) is 0.333. The molecular formula is C27H32N4. The van der Waals surface area contributed by atoms with Gasteiger partial charge in [-0.25, -0.2) is 9.36 Å². The molecule has 2 aromatic carbocycles. The van der Waals surface area contributed by atoms with Gasteiger partial charge in [0.15, 0.2) is 0 Å². The van der Waals surface area contributed by atoms with Crippen molar-refractivity contribution >= 4 is 0 Å². The fourth-order valence-corrected chi connectivity index (χ4v) is 4.18. The van der Waals surface area contributed by atoms with Gasteiger partial charge in [-0.1, -0.05) is 69.3 Å². The van der Waals surface area contributed by atoms with Crippen LogP contribution in [0.5, 0.6) is 0 Å². The Balaban J connectivity index is 1.74. The summed E-state index contributed by atoms with van der Waals surface area (Å²) < 4.78 is 4.16. The van der Waals surface area contributed by atoms with Crippen molar-refractivity contribution < 1.29 is 0 Å². The lowest BCUT2D eigenvalue weighted by atomic mass is 9.86. The quantitative estimate of drug-likeness (QED) is 0.380. The summed E-state index contributed by atoms with van der Waals surface area (Å²) in [5, 5.41) is 9.98. The summed E-state index contributed by atoms with van der Waals surface area (Å²) in [6.45, 7) is 15.3. The minimum atomic E-state index is -0.443. The van der Waals surface area contributed by atoms with E-state index in [0.717, 1.165) is 33.9 Å². The second kappa shape index (κ2) is 7.52. The molecule has 31 heavy (non-hydrogen) atoms. The molecule has 0 bridgehead atoms. The smallest absolute Gasteiger partial charge is 0.148 e. The molecule has 2 heterocycles. The summed E-state index contributed by atoms with van der Waals surface area (Å²) in [5.74, 6) is 0. The highest BCUT2D eigenvalue weighted by Crippen LogP contribution is 2.30. The Morgan fingerprint density at radius 3 is 1.68 bits per heavy atom. The number of rotatable bonds is 4. The van der Waals surface area contributed by atoms with Crippen molar-refractivity contribution in [3.63, 3.8) is 0 Å². The van der Waals surface area contributed by atoms with Gasteiger partial charge in [0.2, 0.25) is 0 Å². The monoisotopic (exact) mass is 412 g/mol. The van der Waals surface area contributed by atoms with E-state index in [1.807, 2.05) is 18.2 Å². The predicted octanol–water partition coefficient (Wildman–Crippen LogP) is 6.57. The van der Waals surface area contributed by atoms with Crippen LogP contribution in [0.4, 0.5) is 0 Å². The largest absolute Gasteiger partial charge is 0.242 e. The van der Waals surface area contributed by atoms with Gasteiger partial charge >= 0.3 is 0 Å². The molecule has 0 radical (unpaired) electrons. The molecule has 0 unspecified atom stereocenters. The van der Waals surface area contributed by atoms with Crippen LogP contribution in [0.1, 0.15) is 51.6 Å². The second-order valence-electron chi connectivity index (χ2n) is 9.86. The van der Waals surface area contributed by atoms with Crippen molar-refractivity contribution in [2.75, 3.05) is 0 Å². The van der Waals surface area contributed by atoms with Crippen LogP contribution in [-0.4, -0.2) is 19.6 Å². The average Bonchev–Trinajstić information content (AvgIpc) is 3.32. The third kappa shape index (κ3) is 3.95. The predicted molar refractivity (Wildman–Crippen MR) is 128 cm³/mol. The van der Waals surface area contributed by atoms with Gasteiger partial charge in [-0.2, -0.15) is 10.2 Å². The lowest BCUT2D eigenvalue weighted by molar-refractivity contribution is 0.227. The van der Waals surface area contributed by atoms with Gasteiger partial charge < -0.3 is 0 Å². The molecule has 4 heteroatoms. The van der Waals surface area contributed by atoms with Crippen molar-refractivity contribution in [2.24, 2.45) is 0 Å². The van der Waals surface area contributed by atoms with Gasteiger partial charge in [0.05, 0.1) is 11.4 Å². The zero-order valence-electron chi connectivity index (χ0n) is 19.6. The zero-order valence-corrected chi connectivity index (χ0v) is 19.6. The summed E-state index contributed by atoms with van der Waals surface area (Å²) in [5.41, 5.74) is 7.43. The second-order valence-corrected chi connectivity index (χ2v) is 9.86. The number of benzene rings is 2. The average molecular weight is 413 g/mol. The van der Waals surface area contributed by atoms with Gasteiger partial charge in [-0.15, -0.1) is 0 Å². The summed E-state index contributed by atoms with van der Waals surface area (Å²) in [4.78, 5) is 0. The van der Waals surface area contributed by atoms with Crippen molar-refractivity contribution in [1.82, 2.24) is 19.6 Å². The topological polar surface area (TPSA) is 35.6 Å². The molecule has 0 saturated carbocycles. The maximum absolute atomic E-state index is 5.03. The molecule has 4 nitrogen and oxygen atoms in total. The number of aromatic nitrogens is 4. The molecule has 160 valence electrons. The zero-order chi connectivity index (χ0) is 22.4. The Hall–Kier alpha value is -3.14. The third-order valence-corrected chi connectivity index (χ3v) is 5.91. The highest BCUT2D eigenvalue weighted by molar-refractivity contribution is 5.61. The van der Waals surface area contributed by atoms with E-state index >= 15 is 0 Å². The SMILES string of the molecule is Cc1cc(-c2ccccc2)nn1C(C)(C)n1nc(-c2cccc(C(C)(C)C)c2)cc1C. The summed E-state index contributed by atoms with van der Waals surface area (Å²) in [6, 6.07) is 23.3. The first-order valence-electron chi connectivity index (χ1n) is 10.9. The van der Waals surface area contributed by atoms with Crippen LogP contribution in [0.25, 0.3) is 22.5 Å². The Morgan fingerprint density at radius 2 is 1.13 bits per heavy atom. The van der Waals surface area contributed by atoms with Crippen LogP contribution >= 0.6 is 0 Å². The Bertz CT molecular complexity index is 1200. The molecule has 4 rings (SSSR count). The van der Waals surface area contributed by atoms with Crippen molar-refractivity contribution in [2.45, 2.75) is 59.5 Å². The Kier molecular flexibility index (Phi) is 5.12. The van der Waals surface area contributed by atoms with Crippen LogP contribution in [0.2, 0.25) is 0 Å². The minimum absolute atomic E-state index is 0.104. The van der Waals surface area contributed by atoms with E-state index in [-0.39, 0.29) is 5.41 Å². The first kappa shape index (κ1) is 21.1. The maximum atomic E-state index is 5.03. The van der Waals surface area contributed by atoms with E-state index in [4.69, 9.17) is 10.2 Å². The number of aryl methyl sites for hydroxylation is 2. The molecule has 0 saturated heterocycles. The Labute approximate surface area is 185 Å².